The van der Waals surface area contributed by atoms with Crippen molar-refractivity contribution in [2.24, 2.45) is 0 Å². The molecule has 108 valence electrons. The highest BCUT2D eigenvalue weighted by atomic mass is 16.3. The third-order valence-corrected chi connectivity index (χ3v) is 3.61. The van der Waals surface area contributed by atoms with Crippen molar-refractivity contribution in [2.45, 2.75) is 52.2 Å². The molecule has 0 aliphatic carbocycles. The summed E-state index contributed by atoms with van der Waals surface area (Å²) in [5, 5.41) is 14.5. The normalized spacial score (nSPS) is 13.4. The fraction of sp³-hybridized carbons (Fsp3) is 0.471. The van der Waals surface area contributed by atoms with Gasteiger partial charge < -0.3 is 5.11 Å². The number of aryl methyl sites for hydroxylation is 1. The molecule has 2 rings (SSSR count). The molecule has 2 aromatic rings. The standard InChI is InChI=1S/C17H24N2O/c1-5-19-12-14(11-18-19)16(20)10-13-6-8-15(9-7-13)17(2,3)4/h6-9,11-12,16,20H,5,10H2,1-4H3. The maximum atomic E-state index is 10.3. The van der Waals surface area contributed by atoms with E-state index in [0.717, 1.165) is 17.7 Å². The van der Waals surface area contributed by atoms with Gasteiger partial charge in [0.15, 0.2) is 0 Å². The van der Waals surface area contributed by atoms with Gasteiger partial charge in [0, 0.05) is 24.7 Å². The van der Waals surface area contributed by atoms with Gasteiger partial charge in [-0.25, -0.2) is 0 Å². The minimum absolute atomic E-state index is 0.166. The van der Waals surface area contributed by atoms with Crippen molar-refractivity contribution in [1.29, 1.82) is 0 Å². The summed E-state index contributed by atoms with van der Waals surface area (Å²) in [7, 11) is 0. The molecule has 3 heteroatoms. The quantitative estimate of drug-likeness (QED) is 0.925. The summed E-state index contributed by atoms with van der Waals surface area (Å²) in [5.74, 6) is 0. The molecule has 0 saturated carbocycles. The Bertz CT molecular complexity index is 549. The van der Waals surface area contributed by atoms with Gasteiger partial charge in [-0.3, -0.25) is 4.68 Å². The first-order valence-corrected chi connectivity index (χ1v) is 7.20. The molecule has 1 N–H and O–H groups in total. The number of aromatic nitrogens is 2. The molecule has 0 fully saturated rings. The third-order valence-electron chi connectivity index (χ3n) is 3.61. The lowest BCUT2D eigenvalue weighted by molar-refractivity contribution is 0.178. The minimum atomic E-state index is -0.490. The van der Waals surface area contributed by atoms with E-state index in [1.165, 1.54) is 5.56 Å². The van der Waals surface area contributed by atoms with E-state index in [1.807, 2.05) is 17.8 Å². The Kier molecular flexibility index (Phi) is 4.29. The molecular formula is C17H24N2O. The predicted molar refractivity (Wildman–Crippen MR) is 81.7 cm³/mol. The fourth-order valence-corrected chi connectivity index (χ4v) is 2.21. The molecule has 0 radical (unpaired) electrons. The molecule has 3 nitrogen and oxygen atoms in total. The van der Waals surface area contributed by atoms with Gasteiger partial charge in [-0.2, -0.15) is 5.10 Å². The summed E-state index contributed by atoms with van der Waals surface area (Å²) in [4.78, 5) is 0. The van der Waals surface area contributed by atoms with Crippen molar-refractivity contribution in [3.8, 4) is 0 Å². The van der Waals surface area contributed by atoms with Gasteiger partial charge in [-0.1, -0.05) is 45.0 Å². The van der Waals surface area contributed by atoms with Crippen LogP contribution in [0.5, 0.6) is 0 Å². The van der Waals surface area contributed by atoms with Crippen LogP contribution in [0.15, 0.2) is 36.7 Å². The number of hydrogen-bond acceptors (Lipinski definition) is 2. The van der Waals surface area contributed by atoms with Gasteiger partial charge in [-0.05, 0) is 23.5 Å². The summed E-state index contributed by atoms with van der Waals surface area (Å²) < 4.78 is 1.83. The molecule has 1 aromatic carbocycles. The lowest BCUT2D eigenvalue weighted by atomic mass is 9.86. The van der Waals surface area contributed by atoms with E-state index in [9.17, 15) is 5.11 Å². The van der Waals surface area contributed by atoms with Crippen LogP contribution in [0.1, 0.15) is 50.5 Å². The lowest BCUT2D eigenvalue weighted by Gasteiger charge is -2.19. The van der Waals surface area contributed by atoms with Crippen LogP contribution in [0.25, 0.3) is 0 Å². The van der Waals surface area contributed by atoms with Crippen LogP contribution in [-0.2, 0) is 18.4 Å². The number of aliphatic hydroxyl groups excluding tert-OH is 1. The monoisotopic (exact) mass is 272 g/mol. The van der Waals surface area contributed by atoms with E-state index in [0.29, 0.717) is 6.42 Å². The van der Waals surface area contributed by atoms with Crippen molar-refractivity contribution in [1.82, 2.24) is 9.78 Å². The van der Waals surface area contributed by atoms with Gasteiger partial charge >= 0.3 is 0 Å². The zero-order valence-corrected chi connectivity index (χ0v) is 12.8. The SMILES string of the molecule is CCn1cc(C(O)Cc2ccc(C(C)(C)C)cc2)cn1. The van der Waals surface area contributed by atoms with Crippen LogP contribution >= 0.6 is 0 Å². The summed E-state index contributed by atoms with van der Waals surface area (Å²) in [6.45, 7) is 9.48. The predicted octanol–water partition coefficient (Wildman–Crippen LogP) is 3.48. The average molecular weight is 272 g/mol. The van der Waals surface area contributed by atoms with Crippen molar-refractivity contribution in [3.63, 3.8) is 0 Å². The van der Waals surface area contributed by atoms with Gasteiger partial charge in [0.2, 0.25) is 0 Å². The molecule has 1 aromatic heterocycles. The van der Waals surface area contributed by atoms with Gasteiger partial charge in [-0.15, -0.1) is 0 Å². The summed E-state index contributed by atoms with van der Waals surface area (Å²) in [5.41, 5.74) is 3.51. The number of hydrogen-bond donors (Lipinski definition) is 1. The second kappa shape index (κ2) is 5.80. The van der Waals surface area contributed by atoms with Crippen LogP contribution < -0.4 is 0 Å². The number of benzene rings is 1. The smallest absolute Gasteiger partial charge is 0.0860 e. The second-order valence-electron chi connectivity index (χ2n) is 6.30. The highest BCUT2D eigenvalue weighted by Gasteiger charge is 2.14. The lowest BCUT2D eigenvalue weighted by Crippen LogP contribution is -2.11. The molecule has 0 aliphatic heterocycles. The first-order valence-electron chi connectivity index (χ1n) is 7.20. The summed E-state index contributed by atoms with van der Waals surface area (Å²) in [6, 6.07) is 8.51. The molecule has 0 aliphatic rings. The molecule has 0 spiro atoms. The molecule has 20 heavy (non-hydrogen) atoms. The first-order chi connectivity index (χ1) is 9.40. The van der Waals surface area contributed by atoms with Crippen molar-refractivity contribution >= 4 is 0 Å². The Morgan fingerprint density at radius 3 is 2.35 bits per heavy atom. The zero-order valence-electron chi connectivity index (χ0n) is 12.8. The molecule has 0 amide bonds. The topological polar surface area (TPSA) is 38.0 Å². The van der Waals surface area contributed by atoms with Crippen molar-refractivity contribution in [3.05, 3.63) is 53.3 Å². The number of nitrogens with zero attached hydrogens (tertiary/aromatic N) is 2. The van der Waals surface area contributed by atoms with Gasteiger partial charge in [0.1, 0.15) is 0 Å². The highest BCUT2D eigenvalue weighted by Crippen LogP contribution is 2.24. The van der Waals surface area contributed by atoms with E-state index in [2.05, 4.69) is 50.1 Å². The Balaban J connectivity index is 2.06. The highest BCUT2D eigenvalue weighted by molar-refractivity contribution is 5.28. The van der Waals surface area contributed by atoms with Crippen LogP contribution in [0.3, 0.4) is 0 Å². The van der Waals surface area contributed by atoms with Gasteiger partial charge in [0.05, 0.1) is 12.3 Å². The van der Waals surface area contributed by atoms with E-state index in [4.69, 9.17) is 0 Å². The van der Waals surface area contributed by atoms with E-state index >= 15 is 0 Å². The molecular weight excluding hydrogens is 248 g/mol. The average Bonchev–Trinajstić information content (AvgIpc) is 2.87. The molecule has 0 bridgehead atoms. The zero-order chi connectivity index (χ0) is 14.8. The first kappa shape index (κ1) is 14.8. The van der Waals surface area contributed by atoms with E-state index < -0.39 is 6.10 Å². The largest absolute Gasteiger partial charge is 0.388 e. The summed E-state index contributed by atoms with van der Waals surface area (Å²) in [6.07, 6.45) is 3.79. The van der Waals surface area contributed by atoms with Crippen LogP contribution in [0.4, 0.5) is 0 Å². The molecule has 0 saturated heterocycles. The molecule has 1 heterocycles. The van der Waals surface area contributed by atoms with Crippen molar-refractivity contribution < 1.29 is 5.11 Å². The Morgan fingerprint density at radius 2 is 1.85 bits per heavy atom. The Labute approximate surface area is 121 Å². The third kappa shape index (κ3) is 3.48. The maximum absolute atomic E-state index is 10.3. The van der Waals surface area contributed by atoms with E-state index in [1.54, 1.807) is 6.20 Å². The fourth-order valence-electron chi connectivity index (χ4n) is 2.21. The number of rotatable bonds is 4. The number of aliphatic hydroxyl groups is 1. The van der Waals surface area contributed by atoms with Crippen LogP contribution in [0, 0.1) is 0 Å². The van der Waals surface area contributed by atoms with Crippen LogP contribution in [0.2, 0.25) is 0 Å². The van der Waals surface area contributed by atoms with Crippen LogP contribution in [-0.4, -0.2) is 14.9 Å². The minimum Gasteiger partial charge on any atom is -0.388 e. The van der Waals surface area contributed by atoms with E-state index in [-0.39, 0.29) is 5.41 Å². The summed E-state index contributed by atoms with van der Waals surface area (Å²) >= 11 is 0. The Morgan fingerprint density at radius 1 is 1.20 bits per heavy atom. The molecule has 1 unspecified atom stereocenters. The maximum Gasteiger partial charge on any atom is 0.0860 e. The van der Waals surface area contributed by atoms with Gasteiger partial charge in [0.25, 0.3) is 0 Å². The second-order valence-corrected chi connectivity index (χ2v) is 6.30. The van der Waals surface area contributed by atoms with Crippen molar-refractivity contribution in [2.75, 3.05) is 0 Å². The Hall–Kier alpha value is -1.61. The molecule has 1 atom stereocenters.